The summed E-state index contributed by atoms with van der Waals surface area (Å²) in [4.78, 5) is 47.1. The normalized spacial score (nSPS) is 19.1. The van der Waals surface area contributed by atoms with E-state index in [0.717, 1.165) is 22.3 Å². The molecule has 294 valence electrons. The molecule has 2 fully saturated rings. The molecule has 2 aliphatic heterocycles. The smallest absolute Gasteiger partial charge is 0.265 e. The number of rotatable bonds is 12. The van der Waals surface area contributed by atoms with E-state index in [2.05, 4.69) is 20.5 Å². The van der Waals surface area contributed by atoms with Gasteiger partial charge < -0.3 is 30.7 Å². The Balaban J connectivity index is 1.13. The molecule has 5 aromatic rings. The highest BCUT2D eigenvalue weighted by atomic mass is 35.5. The number of piperidine rings is 1. The van der Waals surface area contributed by atoms with E-state index in [0.29, 0.717) is 53.0 Å². The highest BCUT2D eigenvalue weighted by Gasteiger charge is 2.55. The van der Waals surface area contributed by atoms with Crippen molar-refractivity contribution in [2.75, 3.05) is 4.90 Å². The number of hydrogen-bond acceptors (Lipinski definition) is 7. The standard InChI is InChI=1S/C45H45Cl2N5O5/c1-43(2,56-37-23-30(15-18-35(37)46)28-11-7-5-8-12-28)41(54)50-33-25-34-21-22-45(26-33,52(34)39-20-17-32(27-49-39)40(48)53)51-42(55)44(3,4)57-38-24-31(16-19-36(38)47)29-13-9-6-10-14-29/h5-20,23-24,27,33-34H,21-22,25-26H2,1-4H3,(H2,48,53)(H,50,54)(H,51,55). The summed E-state index contributed by atoms with van der Waals surface area (Å²) < 4.78 is 12.7. The fraction of sp³-hybridized carbons (Fsp3) is 0.289. The molecule has 7 rings (SSSR count). The molecule has 12 heteroatoms. The van der Waals surface area contributed by atoms with Crippen LogP contribution in [0.25, 0.3) is 22.3 Å². The Labute approximate surface area is 342 Å². The third-order valence-electron chi connectivity index (χ3n) is 10.7. The number of aromatic nitrogens is 1. The monoisotopic (exact) mass is 805 g/mol. The van der Waals surface area contributed by atoms with Crippen LogP contribution in [0.3, 0.4) is 0 Å². The average Bonchev–Trinajstić information content (AvgIpc) is 3.42. The Bertz CT molecular complexity index is 2290. The third-order valence-corrected chi connectivity index (χ3v) is 11.3. The van der Waals surface area contributed by atoms with Gasteiger partial charge >= 0.3 is 0 Å². The molecule has 57 heavy (non-hydrogen) atoms. The Morgan fingerprint density at radius 2 is 1.30 bits per heavy atom. The summed E-state index contributed by atoms with van der Waals surface area (Å²) in [5, 5.41) is 7.32. The predicted octanol–water partition coefficient (Wildman–Crippen LogP) is 8.60. The lowest BCUT2D eigenvalue weighted by molar-refractivity contribution is -0.137. The molecule has 3 unspecified atom stereocenters. The van der Waals surface area contributed by atoms with Gasteiger partial charge in [0.2, 0.25) is 5.91 Å². The number of hydrogen-bond donors (Lipinski definition) is 3. The number of fused-ring (bicyclic) bond motifs is 2. The first-order chi connectivity index (χ1) is 27.1. The molecule has 10 nitrogen and oxygen atoms in total. The Hall–Kier alpha value is -5.58. The first-order valence-corrected chi connectivity index (χ1v) is 19.7. The van der Waals surface area contributed by atoms with Gasteiger partial charge in [-0.25, -0.2) is 4.98 Å². The van der Waals surface area contributed by atoms with Crippen molar-refractivity contribution < 1.29 is 23.9 Å². The van der Waals surface area contributed by atoms with Gasteiger partial charge in [0.05, 0.1) is 15.6 Å². The molecule has 2 bridgehead atoms. The molecule has 2 saturated heterocycles. The summed E-state index contributed by atoms with van der Waals surface area (Å²) in [7, 11) is 0. The van der Waals surface area contributed by atoms with Gasteiger partial charge in [0.1, 0.15) is 23.0 Å². The zero-order valence-corrected chi connectivity index (χ0v) is 33.7. The van der Waals surface area contributed by atoms with Crippen LogP contribution in [-0.4, -0.2) is 51.7 Å². The van der Waals surface area contributed by atoms with E-state index in [-0.39, 0.29) is 29.5 Å². The van der Waals surface area contributed by atoms with E-state index in [4.69, 9.17) is 38.4 Å². The van der Waals surface area contributed by atoms with Crippen LogP contribution in [0.2, 0.25) is 10.0 Å². The molecule has 0 aliphatic carbocycles. The quantitative estimate of drug-likeness (QED) is 0.115. The number of ether oxygens (including phenoxy) is 2. The van der Waals surface area contributed by atoms with Gasteiger partial charge in [0.25, 0.3) is 11.8 Å². The third kappa shape index (κ3) is 8.43. The molecule has 3 heterocycles. The van der Waals surface area contributed by atoms with Crippen molar-refractivity contribution in [2.45, 2.75) is 82.3 Å². The van der Waals surface area contributed by atoms with Crippen LogP contribution in [0.4, 0.5) is 5.82 Å². The van der Waals surface area contributed by atoms with Gasteiger partial charge in [-0.15, -0.1) is 0 Å². The number of halogens is 2. The lowest BCUT2D eigenvalue weighted by atomic mass is 9.90. The van der Waals surface area contributed by atoms with E-state index in [1.165, 1.54) is 6.20 Å². The molecule has 3 amide bonds. The average molecular weight is 807 g/mol. The molecule has 0 saturated carbocycles. The summed E-state index contributed by atoms with van der Waals surface area (Å²) >= 11 is 13.2. The lowest BCUT2D eigenvalue weighted by Crippen LogP contribution is -2.68. The van der Waals surface area contributed by atoms with Gasteiger partial charge in [-0.1, -0.05) is 96.0 Å². The Morgan fingerprint density at radius 1 is 0.754 bits per heavy atom. The molecule has 3 atom stereocenters. The number of primary amides is 1. The predicted molar refractivity (Wildman–Crippen MR) is 223 cm³/mol. The summed E-state index contributed by atoms with van der Waals surface area (Å²) in [5.74, 6) is 0.0230. The minimum atomic E-state index is -1.37. The van der Waals surface area contributed by atoms with Crippen molar-refractivity contribution in [3.63, 3.8) is 0 Å². The summed E-state index contributed by atoms with van der Waals surface area (Å²) in [6.07, 6.45) is 3.63. The molecule has 2 aliphatic rings. The van der Waals surface area contributed by atoms with Crippen LogP contribution >= 0.6 is 23.2 Å². The van der Waals surface area contributed by atoms with Crippen molar-refractivity contribution in [1.82, 2.24) is 15.6 Å². The van der Waals surface area contributed by atoms with Crippen LogP contribution in [0, 0.1) is 0 Å². The number of nitrogens with one attached hydrogen (secondary N) is 2. The van der Waals surface area contributed by atoms with Gasteiger partial charge in [-0.05, 0) is 106 Å². The van der Waals surface area contributed by atoms with E-state index >= 15 is 0 Å². The molecule has 4 N–H and O–H groups in total. The number of carbonyl (C=O) groups excluding carboxylic acids is 3. The van der Waals surface area contributed by atoms with E-state index in [1.807, 2.05) is 84.9 Å². The molecule has 1 aromatic heterocycles. The fourth-order valence-corrected chi connectivity index (χ4v) is 8.07. The Morgan fingerprint density at radius 3 is 1.81 bits per heavy atom. The lowest BCUT2D eigenvalue weighted by Gasteiger charge is -2.49. The number of nitrogens with zero attached hydrogens (tertiary/aromatic N) is 2. The van der Waals surface area contributed by atoms with Crippen molar-refractivity contribution >= 4 is 46.7 Å². The van der Waals surface area contributed by atoms with Crippen LogP contribution < -0.4 is 30.7 Å². The maximum absolute atomic E-state index is 14.5. The molecule has 0 spiro atoms. The van der Waals surface area contributed by atoms with Gasteiger partial charge in [0.15, 0.2) is 11.2 Å². The Kier molecular flexibility index (Phi) is 11.0. The van der Waals surface area contributed by atoms with Crippen LogP contribution in [0.5, 0.6) is 11.5 Å². The highest BCUT2D eigenvalue weighted by molar-refractivity contribution is 6.32. The van der Waals surface area contributed by atoms with Crippen LogP contribution in [0.1, 0.15) is 63.7 Å². The van der Waals surface area contributed by atoms with Gasteiger partial charge in [-0.3, -0.25) is 14.4 Å². The van der Waals surface area contributed by atoms with Crippen LogP contribution in [0.15, 0.2) is 115 Å². The van der Waals surface area contributed by atoms with Gasteiger partial charge in [0, 0.05) is 24.7 Å². The fourth-order valence-electron chi connectivity index (χ4n) is 7.76. The van der Waals surface area contributed by atoms with E-state index in [9.17, 15) is 14.4 Å². The van der Waals surface area contributed by atoms with E-state index < -0.39 is 22.8 Å². The van der Waals surface area contributed by atoms with Crippen LogP contribution in [-0.2, 0) is 9.59 Å². The maximum atomic E-state index is 14.5. The zero-order valence-electron chi connectivity index (χ0n) is 32.2. The number of amides is 3. The molecular weight excluding hydrogens is 761 g/mol. The second kappa shape index (κ2) is 15.8. The first kappa shape index (κ1) is 39.6. The summed E-state index contributed by atoms with van der Waals surface area (Å²) in [6.45, 7) is 6.80. The zero-order chi connectivity index (χ0) is 40.5. The SMILES string of the molecule is CC(C)(Oc1cc(-c2ccccc2)ccc1Cl)C(=O)NC1CC2CCC(NC(=O)C(C)(C)Oc3cc(-c4ccccc4)ccc3Cl)(C1)N2c1ccc(C(N)=O)cn1. The number of anilines is 1. The highest BCUT2D eigenvalue weighted by Crippen LogP contribution is 2.46. The first-order valence-electron chi connectivity index (χ1n) is 18.9. The minimum Gasteiger partial charge on any atom is -0.476 e. The molecule has 0 radical (unpaired) electrons. The number of benzene rings is 4. The molecular formula is C45H45Cl2N5O5. The maximum Gasteiger partial charge on any atom is 0.265 e. The van der Waals surface area contributed by atoms with Gasteiger partial charge in [-0.2, -0.15) is 0 Å². The number of nitrogens with two attached hydrogens (primary N) is 1. The summed E-state index contributed by atoms with van der Waals surface area (Å²) in [6, 6.07) is 33.6. The second-order valence-corrected chi connectivity index (χ2v) is 16.5. The number of pyridine rings is 1. The topological polar surface area (TPSA) is 136 Å². The van der Waals surface area contributed by atoms with Crippen molar-refractivity contribution in [3.8, 4) is 33.8 Å². The summed E-state index contributed by atoms with van der Waals surface area (Å²) in [5.41, 5.74) is 5.91. The van der Waals surface area contributed by atoms with E-state index in [1.54, 1.807) is 52.0 Å². The largest absolute Gasteiger partial charge is 0.476 e. The van der Waals surface area contributed by atoms with Crippen molar-refractivity contribution in [2.24, 2.45) is 5.73 Å². The molecule has 4 aromatic carbocycles. The second-order valence-electron chi connectivity index (χ2n) is 15.7. The number of carbonyl (C=O) groups is 3. The van der Waals surface area contributed by atoms with Crippen molar-refractivity contribution in [1.29, 1.82) is 0 Å². The van der Waals surface area contributed by atoms with Crippen molar-refractivity contribution in [3.05, 3.63) is 131 Å². The minimum absolute atomic E-state index is 0.113.